The largest absolute Gasteiger partial charge is 0.756 e. The molecule has 9 nitrogen and oxygen atoms in total. The van der Waals surface area contributed by atoms with E-state index in [2.05, 4.69) is 13.8 Å². The third-order valence-corrected chi connectivity index (χ3v) is 9.59. The van der Waals surface area contributed by atoms with Gasteiger partial charge >= 0.3 is 11.9 Å². The lowest BCUT2D eigenvalue weighted by Gasteiger charge is -2.28. The Labute approximate surface area is 295 Å². The lowest BCUT2D eigenvalue weighted by Crippen LogP contribution is -2.37. The molecule has 0 bridgehead atoms. The highest BCUT2D eigenvalue weighted by atomic mass is 31.2. The second kappa shape index (κ2) is 32.0. The average molecular weight is 706 g/mol. The van der Waals surface area contributed by atoms with Gasteiger partial charge in [-0.3, -0.25) is 14.2 Å². The van der Waals surface area contributed by atoms with Crippen molar-refractivity contribution >= 4 is 19.8 Å². The Bertz CT molecular complexity index is 804. The van der Waals surface area contributed by atoms with Crippen LogP contribution in [0.2, 0.25) is 0 Å². The number of hydrogen-bond acceptors (Lipinski definition) is 8. The standard InChI is InChI=1S/C38H76NO8P/c1-6-8-10-12-14-15-16-17-18-19-20-21-22-23-25-27-29-31-38(41)47-36(35-46-48(42,43)45-33-32-39(3,4)5)34-44-37(40)30-28-26-24-13-11-9-7-2/h36H,6-35H2,1-5H3/t36-/m1/s1. The third-order valence-electron chi connectivity index (χ3n) is 8.63. The van der Waals surface area contributed by atoms with E-state index in [1.807, 2.05) is 21.1 Å². The number of hydrogen-bond donors (Lipinski definition) is 0. The SMILES string of the molecule is CCCCCCCCCCCCCCCCCCCC(=O)O[C@H](COC(=O)CCCCCCCCC)COP(=O)([O-])OCC[N+](C)(C)C. The van der Waals surface area contributed by atoms with Crippen LogP contribution in [0.3, 0.4) is 0 Å². The Morgan fingerprint density at radius 3 is 1.33 bits per heavy atom. The molecular weight excluding hydrogens is 629 g/mol. The minimum absolute atomic E-state index is 0.0263. The van der Waals surface area contributed by atoms with Crippen molar-refractivity contribution in [3.05, 3.63) is 0 Å². The number of carbonyl (C=O) groups excluding carboxylic acids is 2. The molecule has 10 heteroatoms. The first kappa shape index (κ1) is 47.0. The molecule has 2 atom stereocenters. The van der Waals surface area contributed by atoms with Crippen molar-refractivity contribution in [1.29, 1.82) is 0 Å². The third kappa shape index (κ3) is 34.9. The summed E-state index contributed by atoms with van der Waals surface area (Å²) in [4.78, 5) is 37.2. The molecule has 0 radical (unpaired) electrons. The van der Waals surface area contributed by atoms with Crippen LogP contribution in [0.4, 0.5) is 0 Å². The number of unbranched alkanes of at least 4 members (excludes halogenated alkanes) is 22. The molecule has 0 aromatic carbocycles. The first-order valence-electron chi connectivity index (χ1n) is 19.7. The van der Waals surface area contributed by atoms with Crippen molar-refractivity contribution in [3.8, 4) is 0 Å². The second-order valence-corrected chi connectivity index (χ2v) is 16.1. The summed E-state index contributed by atoms with van der Waals surface area (Å²) < 4.78 is 33.7. The zero-order valence-electron chi connectivity index (χ0n) is 32.0. The zero-order chi connectivity index (χ0) is 35.8. The van der Waals surface area contributed by atoms with Crippen LogP contribution >= 0.6 is 7.82 Å². The summed E-state index contributed by atoms with van der Waals surface area (Å²) in [6, 6.07) is 0. The molecule has 0 heterocycles. The van der Waals surface area contributed by atoms with Gasteiger partial charge in [-0.15, -0.1) is 0 Å². The van der Waals surface area contributed by atoms with Crippen molar-refractivity contribution in [2.24, 2.45) is 0 Å². The van der Waals surface area contributed by atoms with E-state index in [-0.39, 0.29) is 32.0 Å². The molecule has 0 rings (SSSR count). The van der Waals surface area contributed by atoms with Gasteiger partial charge in [0.15, 0.2) is 6.10 Å². The number of ether oxygens (including phenoxy) is 2. The Hall–Kier alpha value is -0.990. The molecule has 1 unspecified atom stereocenters. The quantitative estimate of drug-likeness (QED) is 0.0274. The summed E-state index contributed by atoms with van der Waals surface area (Å²) in [6.45, 7) is 4.19. The number of quaternary nitrogens is 1. The Kier molecular flexibility index (Phi) is 31.3. The molecule has 0 fully saturated rings. The van der Waals surface area contributed by atoms with Crippen LogP contribution in [-0.4, -0.2) is 70.0 Å². The van der Waals surface area contributed by atoms with Crippen LogP contribution in [0.5, 0.6) is 0 Å². The van der Waals surface area contributed by atoms with Crippen molar-refractivity contribution in [2.75, 3.05) is 47.5 Å². The van der Waals surface area contributed by atoms with E-state index in [1.165, 1.54) is 116 Å². The second-order valence-electron chi connectivity index (χ2n) is 14.7. The monoisotopic (exact) mass is 706 g/mol. The fourth-order valence-corrected chi connectivity index (χ4v) is 6.21. The summed E-state index contributed by atoms with van der Waals surface area (Å²) >= 11 is 0. The van der Waals surface area contributed by atoms with E-state index in [0.717, 1.165) is 32.1 Å². The van der Waals surface area contributed by atoms with Crippen molar-refractivity contribution in [1.82, 2.24) is 0 Å². The number of phosphoric acid groups is 1. The molecule has 0 aromatic rings. The summed E-state index contributed by atoms with van der Waals surface area (Å²) in [6.07, 6.45) is 28.6. The van der Waals surface area contributed by atoms with Gasteiger partial charge in [-0.25, -0.2) is 0 Å². The Morgan fingerprint density at radius 1 is 0.562 bits per heavy atom. The summed E-state index contributed by atoms with van der Waals surface area (Å²) in [5.74, 6) is -0.832. The summed E-state index contributed by atoms with van der Waals surface area (Å²) in [5, 5.41) is 0. The molecule has 0 N–H and O–H groups in total. The molecule has 286 valence electrons. The van der Waals surface area contributed by atoms with Crippen molar-refractivity contribution < 1.29 is 42.1 Å². The number of phosphoric ester groups is 1. The van der Waals surface area contributed by atoms with E-state index in [4.69, 9.17) is 18.5 Å². The molecule has 0 amide bonds. The van der Waals surface area contributed by atoms with E-state index in [1.54, 1.807) is 0 Å². The number of likely N-dealkylation sites (N-methyl/N-ethyl adjacent to an activating group) is 1. The van der Waals surface area contributed by atoms with E-state index >= 15 is 0 Å². The summed E-state index contributed by atoms with van der Waals surface area (Å²) in [7, 11) is 1.18. The number of rotatable bonds is 36. The Morgan fingerprint density at radius 2 is 0.938 bits per heavy atom. The van der Waals surface area contributed by atoms with Gasteiger partial charge in [0.2, 0.25) is 0 Å². The molecule has 48 heavy (non-hydrogen) atoms. The maximum atomic E-state index is 12.6. The van der Waals surface area contributed by atoms with E-state index in [0.29, 0.717) is 17.4 Å². The van der Waals surface area contributed by atoms with Crippen LogP contribution < -0.4 is 4.89 Å². The number of carbonyl (C=O) groups is 2. The molecule has 0 aliphatic carbocycles. The maximum Gasteiger partial charge on any atom is 0.306 e. The molecule has 0 saturated heterocycles. The fraction of sp³-hybridized carbons (Fsp3) is 0.947. The van der Waals surface area contributed by atoms with Gasteiger partial charge in [-0.2, -0.15) is 0 Å². The molecule has 0 saturated carbocycles. The van der Waals surface area contributed by atoms with E-state index in [9.17, 15) is 19.0 Å². The van der Waals surface area contributed by atoms with Gasteiger partial charge < -0.3 is 27.9 Å². The van der Waals surface area contributed by atoms with Crippen LogP contribution in [0.1, 0.15) is 181 Å². The average Bonchev–Trinajstić information content (AvgIpc) is 3.02. The lowest BCUT2D eigenvalue weighted by molar-refractivity contribution is -0.870. The van der Waals surface area contributed by atoms with Gasteiger partial charge in [0.25, 0.3) is 7.82 Å². The zero-order valence-corrected chi connectivity index (χ0v) is 32.8. The number of esters is 2. The van der Waals surface area contributed by atoms with Crippen LogP contribution in [0, 0.1) is 0 Å². The molecule has 0 aliphatic heterocycles. The first-order valence-corrected chi connectivity index (χ1v) is 21.2. The molecule has 0 aliphatic rings. The van der Waals surface area contributed by atoms with Crippen LogP contribution in [0.25, 0.3) is 0 Å². The smallest absolute Gasteiger partial charge is 0.306 e. The topological polar surface area (TPSA) is 111 Å². The maximum absolute atomic E-state index is 12.6. The van der Waals surface area contributed by atoms with Crippen molar-refractivity contribution in [2.45, 2.75) is 187 Å². The highest BCUT2D eigenvalue weighted by Gasteiger charge is 2.21. The predicted octanol–water partition coefficient (Wildman–Crippen LogP) is 9.83. The highest BCUT2D eigenvalue weighted by Crippen LogP contribution is 2.38. The molecule has 0 spiro atoms. The van der Waals surface area contributed by atoms with Gasteiger partial charge in [0, 0.05) is 12.8 Å². The normalized spacial score (nSPS) is 13.7. The Balaban J connectivity index is 4.28. The number of nitrogens with zero attached hydrogens (tertiary/aromatic N) is 1. The minimum Gasteiger partial charge on any atom is -0.756 e. The van der Waals surface area contributed by atoms with Crippen LogP contribution in [0.15, 0.2) is 0 Å². The van der Waals surface area contributed by atoms with Gasteiger partial charge in [0.05, 0.1) is 27.7 Å². The van der Waals surface area contributed by atoms with Gasteiger partial charge in [-0.1, -0.05) is 155 Å². The molecule has 0 aromatic heterocycles. The first-order chi connectivity index (χ1) is 23.0. The fourth-order valence-electron chi connectivity index (χ4n) is 5.48. The van der Waals surface area contributed by atoms with Gasteiger partial charge in [0.1, 0.15) is 19.8 Å². The van der Waals surface area contributed by atoms with Crippen molar-refractivity contribution in [3.63, 3.8) is 0 Å². The van der Waals surface area contributed by atoms with Gasteiger partial charge in [-0.05, 0) is 12.8 Å². The molecular formula is C38H76NO8P. The van der Waals surface area contributed by atoms with Crippen LogP contribution in [-0.2, 0) is 32.7 Å². The minimum atomic E-state index is -4.60. The van der Waals surface area contributed by atoms with E-state index < -0.39 is 26.5 Å². The summed E-state index contributed by atoms with van der Waals surface area (Å²) in [5.41, 5.74) is 0. The lowest BCUT2D eigenvalue weighted by atomic mass is 10.0. The predicted molar refractivity (Wildman–Crippen MR) is 195 cm³/mol. The highest BCUT2D eigenvalue weighted by molar-refractivity contribution is 7.45.